The van der Waals surface area contributed by atoms with Crippen molar-refractivity contribution in [1.29, 1.82) is 0 Å². The Morgan fingerprint density at radius 3 is 2.60 bits per heavy atom. The van der Waals surface area contributed by atoms with E-state index < -0.39 is 23.6 Å². The average Bonchev–Trinajstić information content (AvgIpc) is 3.03. The molecule has 5 rings (SSSR count). The van der Waals surface area contributed by atoms with E-state index in [9.17, 15) is 14.0 Å². The predicted octanol–water partition coefficient (Wildman–Crippen LogP) is 5.55. The summed E-state index contributed by atoms with van der Waals surface area (Å²) in [6.07, 6.45) is 2.16. The molecule has 1 saturated heterocycles. The van der Waals surface area contributed by atoms with E-state index in [-0.39, 0.29) is 17.9 Å². The summed E-state index contributed by atoms with van der Waals surface area (Å²) >= 11 is 4.11. The fourth-order valence-corrected chi connectivity index (χ4v) is 4.95. The topological polar surface area (TPSA) is 102 Å². The van der Waals surface area contributed by atoms with Crippen LogP contribution in [-0.2, 0) is 16.0 Å². The lowest BCUT2D eigenvalue weighted by Gasteiger charge is -2.26. The van der Waals surface area contributed by atoms with E-state index in [0.29, 0.717) is 40.3 Å². The van der Waals surface area contributed by atoms with Gasteiger partial charge in [-0.15, -0.1) is 0 Å². The Balaban J connectivity index is 1.23. The quantitative estimate of drug-likeness (QED) is 0.163. The monoisotopic (exact) mass is 638 g/mol. The van der Waals surface area contributed by atoms with Crippen LogP contribution in [0.5, 0.6) is 23.0 Å². The van der Waals surface area contributed by atoms with Gasteiger partial charge in [0.05, 0.1) is 44.6 Å². The smallest absolute Gasteiger partial charge is 0.338 e. The molecule has 0 atom stereocenters. The molecule has 1 fully saturated rings. The second-order valence-corrected chi connectivity index (χ2v) is 10.6. The number of nitrogens with one attached hydrogen (secondary N) is 1. The number of urea groups is 1. The van der Waals surface area contributed by atoms with Crippen molar-refractivity contribution in [3.63, 3.8) is 0 Å². The van der Waals surface area contributed by atoms with Gasteiger partial charge in [0.25, 0.3) is 0 Å². The summed E-state index contributed by atoms with van der Waals surface area (Å²) < 4.78 is 52.2. The molecule has 0 radical (unpaired) electrons. The molecule has 3 amide bonds. The highest BCUT2D eigenvalue weighted by atomic mass is 32.1. The number of carbonyl (C=O) groups is 2. The minimum Gasteiger partial charge on any atom is -0.493 e. The molecule has 0 spiro atoms. The number of amides is 3. The predicted molar refractivity (Wildman–Crippen MR) is 167 cm³/mol. The molecule has 1 aliphatic heterocycles. The minimum atomic E-state index is -0.904. The van der Waals surface area contributed by atoms with Gasteiger partial charge < -0.3 is 18.9 Å². The molecule has 10 nitrogen and oxygen atoms in total. The summed E-state index contributed by atoms with van der Waals surface area (Å²) in [5.41, 5.74) is 1.01. The van der Waals surface area contributed by atoms with Crippen molar-refractivity contribution in [3.05, 3.63) is 84.1 Å². The van der Waals surface area contributed by atoms with Crippen molar-refractivity contribution < 1.29 is 37.3 Å². The van der Waals surface area contributed by atoms with Crippen LogP contribution < -0.4 is 23.8 Å². The van der Waals surface area contributed by atoms with Crippen LogP contribution in [0, 0.1) is 11.6 Å². The Labute approximate surface area is 264 Å². The van der Waals surface area contributed by atoms with Gasteiger partial charge in [0.15, 0.2) is 23.1 Å². The summed E-state index contributed by atoms with van der Waals surface area (Å²) in [6, 6.07) is 13.4. The Morgan fingerprint density at radius 2 is 1.84 bits per heavy atom. The van der Waals surface area contributed by atoms with E-state index in [1.165, 1.54) is 37.4 Å². The number of ether oxygens (including phenoxy) is 4. The van der Waals surface area contributed by atoms with Crippen molar-refractivity contribution in [2.45, 2.75) is 12.8 Å². The molecule has 0 bridgehead atoms. The van der Waals surface area contributed by atoms with Crippen molar-refractivity contribution in [2.75, 3.05) is 50.9 Å². The van der Waals surface area contributed by atoms with Crippen molar-refractivity contribution in [3.8, 4) is 23.0 Å². The number of hydrogen-bond donors (Lipinski definition) is 2. The fourth-order valence-electron chi connectivity index (χ4n) is 4.77. The molecule has 236 valence electrons. The molecular formula is C32H32F2N4O6S. The zero-order chi connectivity index (χ0) is 31.8. The van der Waals surface area contributed by atoms with Gasteiger partial charge >= 0.3 is 6.03 Å². The van der Waals surface area contributed by atoms with Gasteiger partial charge in [0, 0.05) is 43.4 Å². The molecule has 4 aromatic rings. The first kappa shape index (κ1) is 31.9. The second kappa shape index (κ2) is 15.0. The molecule has 13 heteroatoms. The first-order valence-corrected chi connectivity index (χ1v) is 14.6. The zero-order valence-corrected chi connectivity index (χ0v) is 25.4. The number of fused-ring (bicyclic) bond motifs is 1. The third-order valence-electron chi connectivity index (χ3n) is 7.04. The summed E-state index contributed by atoms with van der Waals surface area (Å²) in [4.78, 5) is 31.6. The molecule has 45 heavy (non-hydrogen) atoms. The Hall–Kier alpha value is -4.46. The lowest BCUT2D eigenvalue weighted by atomic mass is 10.1. The van der Waals surface area contributed by atoms with Crippen LogP contribution in [0.2, 0.25) is 0 Å². The van der Waals surface area contributed by atoms with Crippen LogP contribution in [0.4, 0.5) is 19.3 Å². The normalized spacial score (nSPS) is 13.3. The first-order chi connectivity index (χ1) is 21.8. The number of morpholine rings is 1. The maximum Gasteiger partial charge on any atom is 0.338 e. The Bertz CT molecular complexity index is 1670. The van der Waals surface area contributed by atoms with Gasteiger partial charge in [0.1, 0.15) is 11.6 Å². The van der Waals surface area contributed by atoms with Gasteiger partial charge in [0.2, 0.25) is 5.91 Å². The SMILES string of the molecule is COc1cc2c(Oc3ccc(N(S)C(=O)NC(=O)Cc4cccc(F)c4)cc3F)ccnc2cc1OCCCN1CCOCC1. The molecule has 1 N–H and O–H groups in total. The number of benzene rings is 3. The number of rotatable bonds is 11. The van der Waals surface area contributed by atoms with E-state index >= 15 is 4.39 Å². The molecular weight excluding hydrogens is 606 g/mol. The number of halogens is 2. The molecule has 1 aliphatic rings. The highest BCUT2D eigenvalue weighted by molar-refractivity contribution is 7.82. The maximum absolute atomic E-state index is 15.2. The number of carbonyl (C=O) groups excluding carboxylic acids is 2. The summed E-state index contributed by atoms with van der Waals surface area (Å²) in [5, 5.41) is 2.72. The number of imide groups is 1. The molecule has 2 heterocycles. The number of methoxy groups -OCH3 is 1. The van der Waals surface area contributed by atoms with Crippen molar-refractivity contribution >= 4 is 41.3 Å². The van der Waals surface area contributed by atoms with Gasteiger partial charge in [-0.25, -0.2) is 17.9 Å². The highest BCUT2D eigenvalue weighted by Gasteiger charge is 2.19. The van der Waals surface area contributed by atoms with Crippen LogP contribution in [0.1, 0.15) is 12.0 Å². The molecule has 3 aromatic carbocycles. The van der Waals surface area contributed by atoms with Gasteiger partial charge in [-0.05, 0) is 48.4 Å². The minimum absolute atomic E-state index is 0.0518. The van der Waals surface area contributed by atoms with Crippen LogP contribution in [0.25, 0.3) is 10.9 Å². The lowest BCUT2D eigenvalue weighted by Crippen LogP contribution is -2.39. The molecule has 1 aromatic heterocycles. The van der Waals surface area contributed by atoms with Crippen LogP contribution >= 0.6 is 12.8 Å². The maximum atomic E-state index is 15.2. The largest absolute Gasteiger partial charge is 0.493 e. The van der Waals surface area contributed by atoms with Gasteiger partial charge in [-0.1, -0.05) is 24.9 Å². The number of anilines is 1. The van der Waals surface area contributed by atoms with Gasteiger partial charge in [-0.2, -0.15) is 0 Å². The summed E-state index contributed by atoms with van der Waals surface area (Å²) in [7, 11) is 1.53. The van der Waals surface area contributed by atoms with E-state index in [4.69, 9.17) is 18.9 Å². The third-order valence-corrected chi connectivity index (χ3v) is 7.45. The van der Waals surface area contributed by atoms with E-state index in [0.717, 1.165) is 49.6 Å². The number of hydrogen-bond acceptors (Lipinski definition) is 9. The first-order valence-electron chi connectivity index (χ1n) is 14.2. The summed E-state index contributed by atoms with van der Waals surface area (Å²) in [5.74, 6) is -0.720. The third kappa shape index (κ3) is 8.38. The van der Waals surface area contributed by atoms with Crippen LogP contribution in [0.3, 0.4) is 0 Å². The zero-order valence-electron chi connectivity index (χ0n) is 24.5. The standard InChI is InChI=1S/C32H32F2N4O6S/c1-41-29-19-24-26(20-30(29)43-13-3-10-37-11-14-42-15-12-37)35-9-8-27(24)44-28-7-6-23(18-25(28)34)38(45)32(40)36-31(39)17-21-4-2-5-22(33)16-21/h2,4-9,16,18-20,45H,3,10-15,17H2,1H3,(H,36,39,40). The van der Waals surface area contributed by atoms with E-state index in [1.807, 2.05) is 0 Å². The Kier molecular flexibility index (Phi) is 10.7. The summed E-state index contributed by atoms with van der Waals surface area (Å²) in [6.45, 7) is 4.72. The number of pyridine rings is 1. The van der Waals surface area contributed by atoms with Crippen molar-refractivity contribution in [1.82, 2.24) is 15.2 Å². The average molecular weight is 639 g/mol. The van der Waals surface area contributed by atoms with Gasteiger partial charge in [-0.3, -0.25) is 20.0 Å². The Morgan fingerprint density at radius 1 is 1.02 bits per heavy atom. The van der Waals surface area contributed by atoms with Crippen LogP contribution in [0.15, 0.2) is 66.9 Å². The molecule has 0 unspecified atom stereocenters. The molecule has 0 aliphatic carbocycles. The number of thiol groups is 1. The van der Waals surface area contributed by atoms with Crippen LogP contribution in [-0.4, -0.2) is 68.4 Å². The number of aromatic nitrogens is 1. The van der Waals surface area contributed by atoms with E-state index in [2.05, 4.69) is 28.0 Å². The van der Waals surface area contributed by atoms with E-state index in [1.54, 1.807) is 30.5 Å². The second-order valence-electron chi connectivity index (χ2n) is 10.2. The fraction of sp³-hybridized carbons (Fsp3) is 0.281. The molecule has 0 saturated carbocycles. The van der Waals surface area contributed by atoms with Crippen molar-refractivity contribution in [2.24, 2.45) is 0 Å². The number of nitrogens with zero attached hydrogens (tertiary/aromatic N) is 3. The lowest BCUT2D eigenvalue weighted by molar-refractivity contribution is -0.119. The highest BCUT2D eigenvalue weighted by Crippen LogP contribution is 2.38.